The lowest BCUT2D eigenvalue weighted by molar-refractivity contribution is 0.410. The van der Waals surface area contributed by atoms with E-state index in [0.29, 0.717) is 23.3 Å². The highest BCUT2D eigenvalue weighted by Gasteiger charge is 2.09. The first-order valence-electron chi connectivity index (χ1n) is 5.91. The zero-order valence-corrected chi connectivity index (χ0v) is 13.4. The molecule has 0 spiro atoms. The van der Waals surface area contributed by atoms with Crippen LogP contribution in [0.5, 0.6) is 5.75 Å². The average molecular weight is 358 g/mol. The van der Waals surface area contributed by atoms with Crippen molar-refractivity contribution in [2.45, 2.75) is 6.54 Å². The van der Waals surface area contributed by atoms with Gasteiger partial charge >= 0.3 is 0 Å². The van der Waals surface area contributed by atoms with Crippen molar-refractivity contribution in [3.63, 3.8) is 0 Å². The molecule has 1 aromatic carbocycles. The van der Waals surface area contributed by atoms with Crippen LogP contribution in [-0.4, -0.2) is 24.1 Å². The van der Waals surface area contributed by atoms with Crippen LogP contribution in [0.2, 0.25) is 5.02 Å². The third-order valence-electron chi connectivity index (χ3n) is 2.70. The van der Waals surface area contributed by atoms with Crippen molar-refractivity contribution < 1.29 is 4.74 Å². The second kappa shape index (κ2) is 6.76. The third-order valence-corrected chi connectivity index (χ3v) is 3.63. The standard InChI is InChI=1S/C13H14BrClN4O/c1-16-13-18-7-9(14)12(19-13)17-6-8-10(15)4-3-5-11(8)20-2/h3-5,7H,6H2,1-2H3,(H2,16,17,18,19). The quantitative estimate of drug-likeness (QED) is 0.857. The Balaban J connectivity index is 2.21. The molecule has 0 saturated heterocycles. The molecule has 0 aliphatic carbocycles. The summed E-state index contributed by atoms with van der Waals surface area (Å²) in [5, 5.41) is 6.76. The zero-order valence-electron chi connectivity index (χ0n) is 11.1. The molecule has 2 N–H and O–H groups in total. The van der Waals surface area contributed by atoms with Gasteiger partial charge in [0.25, 0.3) is 0 Å². The van der Waals surface area contributed by atoms with Crippen LogP contribution in [0.4, 0.5) is 11.8 Å². The first-order valence-corrected chi connectivity index (χ1v) is 7.08. The van der Waals surface area contributed by atoms with Crippen molar-refractivity contribution in [1.82, 2.24) is 9.97 Å². The Morgan fingerprint density at radius 3 is 2.90 bits per heavy atom. The van der Waals surface area contributed by atoms with E-state index in [1.54, 1.807) is 20.4 Å². The van der Waals surface area contributed by atoms with Gasteiger partial charge in [-0.3, -0.25) is 0 Å². The molecule has 2 aromatic rings. The van der Waals surface area contributed by atoms with E-state index in [9.17, 15) is 0 Å². The molecule has 1 aromatic heterocycles. The summed E-state index contributed by atoms with van der Waals surface area (Å²) in [6.45, 7) is 0.502. The Bertz CT molecular complexity index is 609. The number of halogens is 2. The second-order valence-corrected chi connectivity index (χ2v) is 5.18. The molecule has 2 rings (SSSR count). The Morgan fingerprint density at radius 2 is 2.20 bits per heavy atom. The van der Waals surface area contributed by atoms with Crippen LogP contribution in [0.3, 0.4) is 0 Å². The van der Waals surface area contributed by atoms with Crippen molar-refractivity contribution in [2.75, 3.05) is 24.8 Å². The van der Waals surface area contributed by atoms with Gasteiger partial charge in [-0.15, -0.1) is 0 Å². The molecular formula is C13H14BrClN4O. The summed E-state index contributed by atoms with van der Waals surface area (Å²) < 4.78 is 6.09. The minimum atomic E-state index is 0.502. The normalized spacial score (nSPS) is 10.2. The Labute approximate surface area is 130 Å². The molecule has 1 heterocycles. The highest BCUT2D eigenvalue weighted by molar-refractivity contribution is 9.10. The van der Waals surface area contributed by atoms with E-state index in [1.165, 1.54) is 0 Å². The SMILES string of the molecule is CNc1ncc(Br)c(NCc2c(Cl)cccc2OC)n1. The summed E-state index contributed by atoms with van der Waals surface area (Å²) in [4.78, 5) is 8.43. The number of anilines is 2. The van der Waals surface area contributed by atoms with Crippen LogP contribution in [0, 0.1) is 0 Å². The molecule has 0 saturated carbocycles. The molecule has 0 amide bonds. The summed E-state index contributed by atoms with van der Waals surface area (Å²) in [6.07, 6.45) is 1.69. The fourth-order valence-electron chi connectivity index (χ4n) is 1.69. The largest absolute Gasteiger partial charge is 0.496 e. The topological polar surface area (TPSA) is 59.1 Å². The van der Waals surface area contributed by atoms with Crippen LogP contribution >= 0.6 is 27.5 Å². The lowest BCUT2D eigenvalue weighted by atomic mass is 10.2. The van der Waals surface area contributed by atoms with Crippen LogP contribution in [0.1, 0.15) is 5.56 Å². The van der Waals surface area contributed by atoms with Gasteiger partial charge in [0.2, 0.25) is 5.95 Å². The average Bonchev–Trinajstić information content (AvgIpc) is 2.47. The van der Waals surface area contributed by atoms with E-state index >= 15 is 0 Å². The Kier molecular flexibility index (Phi) is 5.03. The summed E-state index contributed by atoms with van der Waals surface area (Å²) in [5.74, 6) is 1.97. The van der Waals surface area contributed by atoms with Gasteiger partial charge < -0.3 is 15.4 Å². The molecule has 106 valence electrons. The first kappa shape index (κ1) is 14.9. The van der Waals surface area contributed by atoms with Crippen LogP contribution < -0.4 is 15.4 Å². The number of methoxy groups -OCH3 is 1. The maximum Gasteiger partial charge on any atom is 0.224 e. The molecule has 0 aliphatic heterocycles. The molecular weight excluding hydrogens is 344 g/mol. The summed E-state index contributed by atoms with van der Waals surface area (Å²) >= 11 is 9.60. The summed E-state index contributed by atoms with van der Waals surface area (Å²) in [5.41, 5.74) is 0.883. The number of rotatable bonds is 5. The third kappa shape index (κ3) is 3.32. The molecule has 7 heteroatoms. The number of hydrogen-bond donors (Lipinski definition) is 2. The number of aromatic nitrogens is 2. The predicted octanol–water partition coefficient (Wildman–Crippen LogP) is 3.55. The molecule has 20 heavy (non-hydrogen) atoms. The van der Waals surface area contributed by atoms with E-state index < -0.39 is 0 Å². The van der Waals surface area contributed by atoms with Gasteiger partial charge in [-0.2, -0.15) is 4.98 Å². The Hall–Kier alpha value is -1.53. The lowest BCUT2D eigenvalue weighted by Gasteiger charge is -2.13. The van der Waals surface area contributed by atoms with Gasteiger partial charge in [0.1, 0.15) is 11.6 Å². The first-order chi connectivity index (χ1) is 9.65. The van der Waals surface area contributed by atoms with Crippen molar-refractivity contribution >= 4 is 39.3 Å². The van der Waals surface area contributed by atoms with E-state index in [0.717, 1.165) is 15.8 Å². The van der Waals surface area contributed by atoms with Gasteiger partial charge in [0, 0.05) is 30.4 Å². The van der Waals surface area contributed by atoms with Crippen LogP contribution in [0.25, 0.3) is 0 Å². The maximum absolute atomic E-state index is 6.20. The molecule has 0 fully saturated rings. The fourth-order valence-corrected chi connectivity index (χ4v) is 2.25. The van der Waals surface area contributed by atoms with Gasteiger partial charge in [0.15, 0.2) is 0 Å². The van der Waals surface area contributed by atoms with Crippen LogP contribution in [0.15, 0.2) is 28.9 Å². The van der Waals surface area contributed by atoms with Gasteiger partial charge in [-0.1, -0.05) is 17.7 Å². The van der Waals surface area contributed by atoms with E-state index in [4.69, 9.17) is 16.3 Å². The van der Waals surface area contributed by atoms with Gasteiger partial charge in [0.05, 0.1) is 11.6 Å². The number of nitrogens with one attached hydrogen (secondary N) is 2. The second-order valence-electron chi connectivity index (χ2n) is 3.91. The fraction of sp³-hybridized carbons (Fsp3) is 0.231. The van der Waals surface area contributed by atoms with Gasteiger partial charge in [-0.05, 0) is 28.1 Å². The predicted molar refractivity (Wildman–Crippen MR) is 84.6 cm³/mol. The molecule has 0 aliphatic rings. The maximum atomic E-state index is 6.20. The van der Waals surface area contributed by atoms with Crippen molar-refractivity contribution in [1.29, 1.82) is 0 Å². The van der Waals surface area contributed by atoms with E-state index in [1.807, 2.05) is 18.2 Å². The highest BCUT2D eigenvalue weighted by Crippen LogP contribution is 2.28. The molecule has 0 atom stereocenters. The number of hydrogen-bond acceptors (Lipinski definition) is 5. The summed E-state index contributed by atoms with van der Waals surface area (Å²) in [6, 6.07) is 5.55. The number of nitrogens with zero attached hydrogens (tertiary/aromatic N) is 2. The summed E-state index contributed by atoms with van der Waals surface area (Å²) in [7, 11) is 3.39. The van der Waals surface area contributed by atoms with Gasteiger partial charge in [-0.25, -0.2) is 4.98 Å². The number of benzene rings is 1. The molecule has 5 nitrogen and oxygen atoms in total. The van der Waals surface area contributed by atoms with Crippen molar-refractivity contribution in [2.24, 2.45) is 0 Å². The molecule has 0 bridgehead atoms. The molecule has 0 unspecified atom stereocenters. The lowest BCUT2D eigenvalue weighted by Crippen LogP contribution is -2.06. The minimum Gasteiger partial charge on any atom is -0.496 e. The Morgan fingerprint density at radius 1 is 1.40 bits per heavy atom. The molecule has 0 radical (unpaired) electrons. The zero-order chi connectivity index (χ0) is 14.5. The number of ether oxygens (including phenoxy) is 1. The van der Waals surface area contributed by atoms with Crippen LogP contribution in [-0.2, 0) is 6.54 Å². The van der Waals surface area contributed by atoms with E-state index in [2.05, 4.69) is 36.5 Å². The highest BCUT2D eigenvalue weighted by atomic mass is 79.9. The smallest absolute Gasteiger partial charge is 0.224 e. The van der Waals surface area contributed by atoms with Crippen molar-refractivity contribution in [3.05, 3.63) is 39.5 Å². The monoisotopic (exact) mass is 356 g/mol. The minimum absolute atomic E-state index is 0.502. The van der Waals surface area contributed by atoms with E-state index in [-0.39, 0.29) is 0 Å². The van der Waals surface area contributed by atoms with Crippen molar-refractivity contribution in [3.8, 4) is 5.75 Å².